The van der Waals surface area contributed by atoms with Crippen molar-refractivity contribution in [1.82, 2.24) is 5.32 Å². The lowest BCUT2D eigenvalue weighted by Crippen LogP contribution is -2.27. The molecule has 0 spiro atoms. The van der Waals surface area contributed by atoms with Gasteiger partial charge in [0.05, 0.1) is 0 Å². The molecule has 0 heterocycles. The second-order valence-corrected chi connectivity index (χ2v) is 4.48. The molecule has 0 radical (unpaired) electrons. The molecule has 2 aromatic carbocycles. The Morgan fingerprint density at radius 3 is 2.21 bits per heavy atom. The zero-order valence-corrected chi connectivity index (χ0v) is 10.8. The van der Waals surface area contributed by atoms with Gasteiger partial charge in [-0.3, -0.25) is 4.79 Å². The van der Waals surface area contributed by atoms with Crippen LogP contribution in [0.5, 0.6) is 0 Å². The standard InChI is InChI=1S/C16H18N2O/c17-15(14-9-5-2-6-10-14)11-16(19)18-12-13-7-3-1-4-8-13/h1-10,15H,11-12,17H2,(H,18,19)/t15-/m1/s1. The Hall–Kier alpha value is -2.13. The van der Waals surface area contributed by atoms with Gasteiger partial charge in [0.1, 0.15) is 0 Å². The third kappa shape index (κ3) is 4.23. The molecule has 2 rings (SSSR count). The van der Waals surface area contributed by atoms with Crippen LogP contribution in [-0.2, 0) is 11.3 Å². The molecule has 1 atom stereocenters. The molecule has 2 aromatic rings. The molecule has 0 aromatic heterocycles. The summed E-state index contributed by atoms with van der Waals surface area (Å²) in [6.07, 6.45) is 0.302. The third-order valence-electron chi connectivity index (χ3n) is 2.97. The van der Waals surface area contributed by atoms with Crippen molar-refractivity contribution in [2.75, 3.05) is 0 Å². The van der Waals surface area contributed by atoms with Crippen LogP contribution in [0.3, 0.4) is 0 Å². The summed E-state index contributed by atoms with van der Waals surface area (Å²) in [5.41, 5.74) is 8.07. The number of nitrogens with one attached hydrogen (secondary N) is 1. The van der Waals surface area contributed by atoms with Crippen molar-refractivity contribution in [3.63, 3.8) is 0 Å². The van der Waals surface area contributed by atoms with Gasteiger partial charge >= 0.3 is 0 Å². The molecule has 19 heavy (non-hydrogen) atoms. The summed E-state index contributed by atoms with van der Waals surface area (Å²) in [6, 6.07) is 19.3. The van der Waals surface area contributed by atoms with Crippen molar-refractivity contribution in [2.24, 2.45) is 5.73 Å². The van der Waals surface area contributed by atoms with E-state index in [1.165, 1.54) is 0 Å². The maximum atomic E-state index is 11.8. The number of carbonyl (C=O) groups excluding carboxylic acids is 1. The number of carbonyl (C=O) groups is 1. The lowest BCUT2D eigenvalue weighted by atomic mass is 10.0. The molecule has 0 unspecified atom stereocenters. The van der Waals surface area contributed by atoms with Crippen LogP contribution >= 0.6 is 0 Å². The van der Waals surface area contributed by atoms with Gasteiger partial charge < -0.3 is 11.1 Å². The summed E-state index contributed by atoms with van der Waals surface area (Å²) in [6.45, 7) is 0.543. The van der Waals surface area contributed by atoms with Gasteiger partial charge in [-0.05, 0) is 11.1 Å². The maximum absolute atomic E-state index is 11.8. The smallest absolute Gasteiger partial charge is 0.222 e. The predicted molar refractivity (Wildman–Crippen MR) is 76.3 cm³/mol. The van der Waals surface area contributed by atoms with E-state index in [2.05, 4.69) is 5.32 Å². The Bertz CT molecular complexity index is 511. The van der Waals surface area contributed by atoms with Crippen LogP contribution in [0.25, 0.3) is 0 Å². The highest BCUT2D eigenvalue weighted by Crippen LogP contribution is 2.12. The van der Waals surface area contributed by atoms with Crippen molar-refractivity contribution in [2.45, 2.75) is 19.0 Å². The monoisotopic (exact) mass is 254 g/mol. The van der Waals surface area contributed by atoms with E-state index in [0.29, 0.717) is 13.0 Å². The molecule has 0 aliphatic carbocycles. The summed E-state index contributed by atoms with van der Waals surface area (Å²) < 4.78 is 0. The first-order chi connectivity index (χ1) is 9.25. The maximum Gasteiger partial charge on any atom is 0.222 e. The molecule has 0 saturated heterocycles. The molecule has 0 aliphatic heterocycles. The number of hydrogen-bond acceptors (Lipinski definition) is 2. The lowest BCUT2D eigenvalue weighted by molar-refractivity contribution is -0.121. The molecule has 3 N–H and O–H groups in total. The molecule has 98 valence electrons. The summed E-state index contributed by atoms with van der Waals surface area (Å²) in [7, 11) is 0. The fourth-order valence-corrected chi connectivity index (χ4v) is 1.89. The van der Waals surface area contributed by atoms with Crippen molar-refractivity contribution >= 4 is 5.91 Å². The van der Waals surface area contributed by atoms with Crippen molar-refractivity contribution in [3.8, 4) is 0 Å². The minimum atomic E-state index is -0.253. The Balaban J connectivity index is 1.82. The normalized spacial score (nSPS) is 11.8. The summed E-state index contributed by atoms with van der Waals surface area (Å²) >= 11 is 0. The van der Waals surface area contributed by atoms with Crippen LogP contribution in [0.15, 0.2) is 60.7 Å². The molecule has 0 fully saturated rings. The first-order valence-electron chi connectivity index (χ1n) is 6.37. The van der Waals surface area contributed by atoms with Crippen LogP contribution in [-0.4, -0.2) is 5.91 Å². The van der Waals surface area contributed by atoms with E-state index >= 15 is 0 Å². The second-order valence-electron chi connectivity index (χ2n) is 4.48. The lowest BCUT2D eigenvalue weighted by Gasteiger charge is -2.12. The second kappa shape index (κ2) is 6.71. The van der Waals surface area contributed by atoms with Gasteiger partial charge in [0, 0.05) is 19.0 Å². The summed E-state index contributed by atoms with van der Waals surface area (Å²) in [5, 5.41) is 2.88. The first kappa shape index (κ1) is 13.3. The number of hydrogen-bond donors (Lipinski definition) is 2. The van der Waals surface area contributed by atoms with E-state index in [4.69, 9.17) is 5.73 Å². The highest BCUT2D eigenvalue weighted by molar-refractivity contribution is 5.76. The molecule has 3 nitrogen and oxygen atoms in total. The molecule has 1 amide bonds. The van der Waals surface area contributed by atoms with Gasteiger partial charge in [-0.1, -0.05) is 60.7 Å². The quantitative estimate of drug-likeness (QED) is 0.860. The summed E-state index contributed by atoms with van der Waals surface area (Å²) in [5.74, 6) is -0.0276. The van der Waals surface area contributed by atoms with Crippen LogP contribution in [0.2, 0.25) is 0 Å². The highest BCUT2D eigenvalue weighted by atomic mass is 16.1. The zero-order valence-electron chi connectivity index (χ0n) is 10.8. The van der Waals surface area contributed by atoms with Gasteiger partial charge in [-0.25, -0.2) is 0 Å². The molecular formula is C16H18N2O. The minimum absolute atomic E-state index is 0.0276. The molecule has 3 heteroatoms. The Morgan fingerprint density at radius 1 is 1.00 bits per heavy atom. The summed E-state index contributed by atoms with van der Waals surface area (Å²) in [4.78, 5) is 11.8. The van der Waals surface area contributed by atoms with Gasteiger partial charge in [-0.2, -0.15) is 0 Å². The van der Waals surface area contributed by atoms with Crippen molar-refractivity contribution < 1.29 is 4.79 Å². The first-order valence-corrected chi connectivity index (χ1v) is 6.37. The number of benzene rings is 2. The van der Waals surface area contributed by atoms with Gasteiger partial charge in [0.25, 0.3) is 0 Å². The number of amides is 1. The number of rotatable bonds is 5. The topological polar surface area (TPSA) is 55.1 Å². The Morgan fingerprint density at radius 2 is 1.58 bits per heavy atom. The van der Waals surface area contributed by atoms with Gasteiger partial charge in [0.15, 0.2) is 0 Å². The van der Waals surface area contributed by atoms with Crippen LogP contribution in [0, 0.1) is 0 Å². The molecule has 0 saturated carbocycles. The highest BCUT2D eigenvalue weighted by Gasteiger charge is 2.10. The molecule has 0 aliphatic rings. The van der Waals surface area contributed by atoms with Crippen LogP contribution < -0.4 is 11.1 Å². The molecule has 0 bridgehead atoms. The number of nitrogens with two attached hydrogens (primary N) is 1. The van der Waals surface area contributed by atoms with Gasteiger partial charge in [0.2, 0.25) is 5.91 Å². The SMILES string of the molecule is N[C@H](CC(=O)NCc1ccccc1)c1ccccc1. The average Bonchev–Trinajstić information content (AvgIpc) is 2.47. The van der Waals surface area contributed by atoms with E-state index in [0.717, 1.165) is 11.1 Å². The largest absolute Gasteiger partial charge is 0.352 e. The van der Waals surface area contributed by atoms with Crippen LogP contribution in [0.1, 0.15) is 23.6 Å². The van der Waals surface area contributed by atoms with E-state index in [9.17, 15) is 4.79 Å². The fourth-order valence-electron chi connectivity index (χ4n) is 1.89. The predicted octanol–water partition coefficient (Wildman–Crippen LogP) is 2.39. The average molecular weight is 254 g/mol. The Labute approximate surface area is 113 Å². The van der Waals surface area contributed by atoms with E-state index < -0.39 is 0 Å². The van der Waals surface area contributed by atoms with Crippen molar-refractivity contribution in [3.05, 3.63) is 71.8 Å². The fraction of sp³-hybridized carbons (Fsp3) is 0.188. The van der Waals surface area contributed by atoms with Gasteiger partial charge in [-0.15, -0.1) is 0 Å². The minimum Gasteiger partial charge on any atom is -0.352 e. The zero-order chi connectivity index (χ0) is 13.5. The third-order valence-corrected chi connectivity index (χ3v) is 2.97. The Kier molecular flexibility index (Phi) is 4.70. The molecular weight excluding hydrogens is 236 g/mol. The van der Waals surface area contributed by atoms with E-state index in [-0.39, 0.29) is 11.9 Å². The van der Waals surface area contributed by atoms with Crippen LogP contribution in [0.4, 0.5) is 0 Å². The van der Waals surface area contributed by atoms with E-state index in [1.54, 1.807) is 0 Å². The van der Waals surface area contributed by atoms with E-state index in [1.807, 2.05) is 60.7 Å². The van der Waals surface area contributed by atoms with Crippen molar-refractivity contribution in [1.29, 1.82) is 0 Å².